The van der Waals surface area contributed by atoms with E-state index in [1.54, 1.807) is 0 Å². The Morgan fingerprint density at radius 3 is 2.75 bits per heavy atom. The molecule has 0 bridgehead atoms. The number of carbonyl (C=O) groups excluding carboxylic acids is 1. The second kappa shape index (κ2) is 3.60. The summed E-state index contributed by atoms with van der Waals surface area (Å²) in [4.78, 5) is 23.8. The van der Waals surface area contributed by atoms with E-state index in [2.05, 4.69) is 10.3 Å². The summed E-state index contributed by atoms with van der Waals surface area (Å²) < 4.78 is 0. The minimum absolute atomic E-state index is 0.110. The van der Waals surface area contributed by atoms with Crippen LogP contribution in [0, 0.1) is 10.1 Å². The third-order valence-electron chi connectivity index (χ3n) is 2.65. The molecule has 7 heteroatoms. The van der Waals surface area contributed by atoms with Crippen LogP contribution < -0.4 is 5.32 Å². The number of hydrogen-bond acceptors (Lipinski definition) is 4. The first kappa shape index (κ1) is 10.6. The summed E-state index contributed by atoms with van der Waals surface area (Å²) in [6.07, 6.45) is 1.47. The van der Waals surface area contributed by atoms with Crippen molar-refractivity contribution in [1.29, 1.82) is 0 Å². The number of rotatable bonds is 4. The lowest BCUT2D eigenvalue weighted by Crippen LogP contribution is -2.39. The van der Waals surface area contributed by atoms with Crippen molar-refractivity contribution >= 4 is 11.7 Å². The lowest BCUT2D eigenvalue weighted by atomic mass is 10.3. The van der Waals surface area contributed by atoms with E-state index >= 15 is 0 Å². The lowest BCUT2D eigenvalue weighted by molar-refractivity contribution is -0.389. The highest BCUT2D eigenvalue weighted by Crippen LogP contribution is 2.34. The SMILES string of the molecule is O=C(NC1(CO)CC1)c1ccc([N+](=O)[O-])[nH]1. The second-order valence-corrected chi connectivity index (χ2v) is 3.91. The van der Waals surface area contributed by atoms with Crippen LogP contribution in [-0.2, 0) is 0 Å². The van der Waals surface area contributed by atoms with Gasteiger partial charge in [0.15, 0.2) is 5.69 Å². The van der Waals surface area contributed by atoms with Crippen molar-refractivity contribution < 1.29 is 14.8 Å². The first-order valence-electron chi connectivity index (χ1n) is 4.83. The van der Waals surface area contributed by atoms with Gasteiger partial charge in [-0.1, -0.05) is 0 Å². The van der Waals surface area contributed by atoms with Gasteiger partial charge in [-0.3, -0.25) is 4.79 Å². The first-order chi connectivity index (χ1) is 7.56. The summed E-state index contributed by atoms with van der Waals surface area (Å²) in [5, 5.41) is 22.0. The molecule has 1 fully saturated rings. The Morgan fingerprint density at radius 2 is 2.31 bits per heavy atom. The fourth-order valence-corrected chi connectivity index (χ4v) is 1.40. The van der Waals surface area contributed by atoms with E-state index in [0.29, 0.717) is 0 Å². The van der Waals surface area contributed by atoms with E-state index in [0.717, 1.165) is 12.8 Å². The fourth-order valence-electron chi connectivity index (χ4n) is 1.40. The summed E-state index contributed by atoms with van der Waals surface area (Å²) in [5.74, 6) is -0.654. The number of hydrogen-bond donors (Lipinski definition) is 3. The second-order valence-electron chi connectivity index (χ2n) is 3.91. The Labute approximate surface area is 90.6 Å². The van der Waals surface area contributed by atoms with Crippen LogP contribution in [0.3, 0.4) is 0 Å². The lowest BCUT2D eigenvalue weighted by Gasteiger charge is -2.11. The summed E-state index contributed by atoms with van der Waals surface area (Å²) >= 11 is 0. The fraction of sp³-hybridized carbons (Fsp3) is 0.444. The molecular weight excluding hydrogens is 214 g/mol. The van der Waals surface area contributed by atoms with Gasteiger partial charge in [-0.25, -0.2) is 4.98 Å². The molecule has 1 aliphatic carbocycles. The van der Waals surface area contributed by atoms with Gasteiger partial charge in [-0.15, -0.1) is 0 Å². The molecule has 7 nitrogen and oxygen atoms in total. The minimum atomic E-state index is -0.601. The molecule has 86 valence electrons. The highest BCUT2D eigenvalue weighted by atomic mass is 16.6. The van der Waals surface area contributed by atoms with E-state index in [4.69, 9.17) is 5.11 Å². The van der Waals surface area contributed by atoms with E-state index in [9.17, 15) is 14.9 Å². The van der Waals surface area contributed by atoms with Crippen molar-refractivity contribution in [2.75, 3.05) is 6.61 Å². The molecule has 0 radical (unpaired) electrons. The molecule has 16 heavy (non-hydrogen) atoms. The molecule has 3 N–H and O–H groups in total. The number of amides is 1. The smallest absolute Gasteiger partial charge is 0.321 e. The zero-order chi connectivity index (χ0) is 11.8. The maximum atomic E-state index is 11.6. The molecule has 0 aliphatic heterocycles. The van der Waals surface area contributed by atoms with Crippen molar-refractivity contribution in [3.8, 4) is 0 Å². The number of H-pyrrole nitrogens is 1. The number of aliphatic hydroxyl groups is 1. The molecule has 1 heterocycles. The molecule has 0 aromatic carbocycles. The van der Waals surface area contributed by atoms with Gasteiger partial charge in [0.05, 0.1) is 12.1 Å². The maximum absolute atomic E-state index is 11.6. The maximum Gasteiger partial charge on any atom is 0.321 e. The topological polar surface area (TPSA) is 108 Å². The molecule has 1 aromatic heterocycles. The van der Waals surface area contributed by atoms with E-state index in [-0.39, 0.29) is 18.1 Å². The van der Waals surface area contributed by atoms with Crippen LogP contribution in [0.15, 0.2) is 12.1 Å². The average Bonchev–Trinajstić information content (AvgIpc) is 2.83. The molecule has 1 saturated carbocycles. The van der Waals surface area contributed by atoms with Crippen molar-refractivity contribution in [3.05, 3.63) is 27.9 Å². The molecule has 0 saturated heterocycles. The summed E-state index contributed by atoms with van der Waals surface area (Å²) in [7, 11) is 0. The normalized spacial score (nSPS) is 16.8. The molecule has 1 amide bonds. The first-order valence-corrected chi connectivity index (χ1v) is 4.83. The highest BCUT2D eigenvalue weighted by molar-refractivity contribution is 5.93. The Bertz CT molecular complexity index is 436. The van der Waals surface area contributed by atoms with Crippen LogP contribution in [0.25, 0.3) is 0 Å². The van der Waals surface area contributed by atoms with Crippen LogP contribution in [-0.4, -0.2) is 33.1 Å². The molecule has 2 rings (SSSR count). The van der Waals surface area contributed by atoms with Crippen LogP contribution in [0.2, 0.25) is 0 Å². The van der Waals surface area contributed by atoms with Crippen molar-refractivity contribution in [2.24, 2.45) is 0 Å². The molecule has 1 aliphatic rings. The number of nitrogens with zero attached hydrogens (tertiary/aromatic N) is 1. The Hall–Kier alpha value is -1.89. The number of carbonyl (C=O) groups is 1. The predicted octanol–water partition coefficient (Wildman–Crippen LogP) is 0.178. The average molecular weight is 225 g/mol. The van der Waals surface area contributed by atoms with Crippen molar-refractivity contribution in [3.63, 3.8) is 0 Å². The van der Waals surface area contributed by atoms with Crippen LogP contribution >= 0.6 is 0 Å². The highest BCUT2D eigenvalue weighted by Gasteiger charge is 2.44. The number of nitro groups is 1. The van der Waals surface area contributed by atoms with E-state index < -0.39 is 16.4 Å². The Morgan fingerprint density at radius 1 is 1.62 bits per heavy atom. The van der Waals surface area contributed by atoms with Gasteiger partial charge >= 0.3 is 5.82 Å². The number of aromatic amines is 1. The largest absolute Gasteiger partial charge is 0.394 e. The molecule has 1 aromatic rings. The van der Waals surface area contributed by atoms with Gasteiger partial charge in [-0.2, -0.15) is 0 Å². The summed E-state index contributed by atoms with van der Waals surface area (Å²) in [5.41, 5.74) is -0.386. The van der Waals surface area contributed by atoms with Crippen molar-refractivity contribution in [1.82, 2.24) is 10.3 Å². The summed E-state index contributed by atoms with van der Waals surface area (Å²) in [6, 6.07) is 2.58. The predicted molar refractivity (Wildman–Crippen MR) is 54.0 cm³/mol. The molecule has 0 unspecified atom stereocenters. The van der Waals surface area contributed by atoms with Crippen LogP contribution in [0.1, 0.15) is 23.3 Å². The molecule has 0 atom stereocenters. The number of aromatic nitrogens is 1. The van der Waals surface area contributed by atoms with Crippen LogP contribution in [0.5, 0.6) is 0 Å². The quantitative estimate of drug-likeness (QED) is 0.501. The van der Waals surface area contributed by atoms with Crippen molar-refractivity contribution in [2.45, 2.75) is 18.4 Å². The van der Waals surface area contributed by atoms with Gasteiger partial charge in [-0.05, 0) is 23.8 Å². The standard InChI is InChI=1S/C9H11N3O4/c13-5-9(3-4-9)11-8(14)6-1-2-7(10-6)12(15)16/h1-2,10,13H,3-5H2,(H,11,14). The minimum Gasteiger partial charge on any atom is -0.394 e. The van der Waals surface area contributed by atoms with E-state index in [1.807, 2.05) is 0 Å². The number of aliphatic hydroxyl groups excluding tert-OH is 1. The molecule has 0 spiro atoms. The van der Waals surface area contributed by atoms with E-state index in [1.165, 1.54) is 12.1 Å². The Kier molecular flexibility index (Phi) is 2.39. The third-order valence-corrected chi connectivity index (χ3v) is 2.65. The van der Waals surface area contributed by atoms with Gasteiger partial charge < -0.3 is 20.5 Å². The van der Waals surface area contributed by atoms with Gasteiger partial charge in [0, 0.05) is 6.07 Å². The third kappa shape index (κ3) is 1.89. The van der Waals surface area contributed by atoms with Gasteiger partial charge in [0.25, 0.3) is 5.91 Å². The number of nitrogens with one attached hydrogen (secondary N) is 2. The van der Waals surface area contributed by atoms with Crippen LogP contribution in [0.4, 0.5) is 5.82 Å². The van der Waals surface area contributed by atoms with Gasteiger partial charge in [0.2, 0.25) is 0 Å². The Balaban J connectivity index is 2.06. The monoisotopic (exact) mass is 225 g/mol. The zero-order valence-electron chi connectivity index (χ0n) is 8.40. The summed E-state index contributed by atoms with van der Waals surface area (Å²) in [6.45, 7) is -0.110. The molecular formula is C9H11N3O4. The zero-order valence-corrected chi connectivity index (χ0v) is 8.40. The van der Waals surface area contributed by atoms with Gasteiger partial charge in [0.1, 0.15) is 0 Å².